The molecule has 0 aromatic carbocycles. The molecule has 0 atom stereocenters. The van der Waals surface area contributed by atoms with Crippen molar-refractivity contribution >= 4 is 5.95 Å². The highest BCUT2D eigenvalue weighted by molar-refractivity contribution is 5.39. The molecule has 0 saturated carbocycles. The Labute approximate surface area is 105 Å². The van der Waals surface area contributed by atoms with E-state index in [1.165, 1.54) is 0 Å². The molecule has 18 heavy (non-hydrogen) atoms. The van der Waals surface area contributed by atoms with Crippen LogP contribution in [0.15, 0.2) is 6.20 Å². The van der Waals surface area contributed by atoms with Gasteiger partial charge in [0.05, 0.1) is 5.69 Å². The van der Waals surface area contributed by atoms with Crippen LogP contribution in [0, 0.1) is 20.8 Å². The molecule has 0 amide bonds. The van der Waals surface area contributed by atoms with Gasteiger partial charge in [0.2, 0.25) is 11.8 Å². The molecule has 7 nitrogen and oxygen atoms in total. The maximum atomic E-state index is 5.80. The Balaban J connectivity index is 2.39. The lowest BCUT2D eigenvalue weighted by atomic mass is 10.3. The van der Waals surface area contributed by atoms with Gasteiger partial charge in [-0.1, -0.05) is 0 Å². The Bertz CT molecular complexity index is 577. The quantitative estimate of drug-likeness (QED) is 0.626. The fourth-order valence-corrected chi connectivity index (χ4v) is 1.60. The van der Waals surface area contributed by atoms with E-state index in [4.69, 9.17) is 10.6 Å². The van der Waals surface area contributed by atoms with Crippen molar-refractivity contribution in [3.05, 3.63) is 23.1 Å². The van der Waals surface area contributed by atoms with Gasteiger partial charge >= 0.3 is 0 Å². The van der Waals surface area contributed by atoms with E-state index in [9.17, 15) is 0 Å². The third-order valence-electron chi connectivity index (χ3n) is 2.70. The van der Waals surface area contributed by atoms with Crippen molar-refractivity contribution in [1.82, 2.24) is 19.7 Å². The number of nitrogens with two attached hydrogens (primary N) is 1. The minimum Gasteiger partial charge on any atom is -0.435 e. The first-order valence-electron chi connectivity index (χ1n) is 5.51. The molecule has 0 aliphatic rings. The minimum atomic E-state index is 0.315. The van der Waals surface area contributed by atoms with Gasteiger partial charge in [0.1, 0.15) is 5.69 Å². The number of nitrogens with zero attached hydrogens (tertiary/aromatic N) is 4. The molecule has 2 rings (SSSR count). The summed E-state index contributed by atoms with van der Waals surface area (Å²) in [5.74, 6) is 6.77. The van der Waals surface area contributed by atoms with Gasteiger partial charge in [-0.15, -0.1) is 0 Å². The third-order valence-corrected chi connectivity index (χ3v) is 2.70. The number of hydrogen-bond acceptors (Lipinski definition) is 6. The summed E-state index contributed by atoms with van der Waals surface area (Å²) >= 11 is 0. The second kappa shape index (κ2) is 4.61. The first-order valence-corrected chi connectivity index (χ1v) is 5.51. The lowest BCUT2D eigenvalue weighted by Gasteiger charge is -2.08. The fraction of sp³-hybridized carbons (Fsp3) is 0.364. The number of nitrogens with one attached hydrogen (secondary N) is 1. The summed E-state index contributed by atoms with van der Waals surface area (Å²) in [5.41, 5.74) is 4.97. The molecule has 7 heteroatoms. The van der Waals surface area contributed by atoms with Crippen LogP contribution >= 0.6 is 0 Å². The molecule has 0 fully saturated rings. The fourth-order valence-electron chi connectivity index (χ4n) is 1.60. The van der Waals surface area contributed by atoms with E-state index in [-0.39, 0.29) is 0 Å². The normalized spacial score (nSPS) is 10.5. The number of rotatable bonds is 3. The van der Waals surface area contributed by atoms with Crippen molar-refractivity contribution < 1.29 is 4.74 Å². The van der Waals surface area contributed by atoms with E-state index in [2.05, 4.69) is 20.5 Å². The largest absolute Gasteiger partial charge is 0.435 e. The second-order valence-electron chi connectivity index (χ2n) is 4.05. The van der Waals surface area contributed by atoms with Gasteiger partial charge in [-0.2, -0.15) is 10.1 Å². The molecule has 2 heterocycles. The molecule has 0 saturated heterocycles. The highest BCUT2D eigenvalue weighted by Crippen LogP contribution is 2.28. The smallest absolute Gasteiger partial charge is 0.240 e. The maximum absolute atomic E-state index is 5.80. The van der Waals surface area contributed by atoms with Crippen LogP contribution in [0.3, 0.4) is 0 Å². The van der Waals surface area contributed by atoms with Crippen molar-refractivity contribution in [1.29, 1.82) is 0 Å². The van der Waals surface area contributed by atoms with E-state index in [1.807, 2.05) is 27.8 Å². The summed E-state index contributed by atoms with van der Waals surface area (Å²) in [7, 11) is 1.87. The van der Waals surface area contributed by atoms with Gasteiger partial charge in [-0.3, -0.25) is 10.1 Å². The third kappa shape index (κ3) is 2.12. The Hall–Kier alpha value is -2.15. The molecular weight excluding hydrogens is 232 g/mol. The number of nitrogen functional groups attached to an aromatic ring is 1. The predicted molar refractivity (Wildman–Crippen MR) is 67.3 cm³/mol. The van der Waals surface area contributed by atoms with Gasteiger partial charge in [0, 0.05) is 18.8 Å². The van der Waals surface area contributed by atoms with Gasteiger partial charge in [0.25, 0.3) is 0 Å². The lowest BCUT2D eigenvalue weighted by molar-refractivity contribution is 0.450. The van der Waals surface area contributed by atoms with Crippen molar-refractivity contribution in [3.8, 4) is 11.6 Å². The summed E-state index contributed by atoms with van der Waals surface area (Å²) < 4.78 is 7.57. The minimum absolute atomic E-state index is 0.315. The molecule has 0 unspecified atom stereocenters. The van der Waals surface area contributed by atoms with Crippen LogP contribution in [0.25, 0.3) is 0 Å². The van der Waals surface area contributed by atoms with E-state index in [1.54, 1.807) is 10.9 Å². The number of aromatic nitrogens is 4. The summed E-state index contributed by atoms with van der Waals surface area (Å²) in [5, 5.41) is 4.29. The second-order valence-corrected chi connectivity index (χ2v) is 4.05. The Morgan fingerprint density at radius 1 is 1.33 bits per heavy atom. The van der Waals surface area contributed by atoms with Crippen LogP contribution in [0.4, 0.5) is 5.95 Å². The average Bonchev–Trinajstić information content (AvgIpc) is 2.58. The van der Waals surface area contributed by atoms with Gasteiger partial charge in [0.15, 0.2) is 5.75 Å². The highest BCUT2D eigenvalue weighted by Gasteiger charge is 2.14. The van der Waals surface area contributed by atoms with Crippen LogP contribution in [-0.4, -0.2) is 19.7 Å². The number of anilines is 1. The molecule has 0 spiro atoms. The molecule has 0 radical (unpaired) electrons. The number of hydrazine groups is 1. The van der Waals surface area contributed by atoms with Crippen LogP contribution in [0.1, 0.15) is 17.0 Å². The van der Waals surface area contributed by atoms with Crippen molar-refractivity contribution in [2.45, 2.75) is 20.8 Å². The first kappa shape index (κ1) is 12.3. The Morgan fingerprint density at radius 3 is 2.61 bits per heavy atom. The zero-order valence-corrected chi connectivity index (χ0v) is 10.9. The van der Waals surface area contributed by atoms with E-state index in [0.29, 0.717) is 17.6 Å². The van der Waals surface area contributed by atoms with E-state index in [0.717, 1.165) is 17.0 Å². The molecule has 0 aliphatic carbocycles. The molecule has 2 aromatic heterocycles. The molecular formula is C11H16N6O. The van der Waals surface area contributed by atoms with E-state index < -0.39 is 0 Å². The van der Waals surface area contributed by atoms with Crippen molar-refractivity contribution in [2.75, 3.05) is 5.43 Å². The van der Waals surface area contributed by atoms with Gasteiger partial charge in [-0.05, 0) is 20.8 Å². The molecule has 96 valence electrons. The van der Waals surface area contributed by atoms with Crippen LogP contribution < -0.4 is 16.0 Å². The number of ether oxygens (including phenoxy) is 1. The maximum Gasteiger partial charge on any atom is 0.240 e. The van der Waals surface area contributed by atoms with Crippen molar-refractivity contribution in [3.63, 3.8) is 0 Å². The summed E-state index contributed by atoms with van der Waals surface area (Å²) in [6.45, 7) is 5.70. The highest BCUT2D eigenvalue weighted by atomic mass is 16.5. The zero-order valence-electron chi connectivity index (χ0n) is 10.9. The monoisotopic (exact) mass is 248 g/mol. The van der Waals surface area contributed by atoms with Crippen molar-refractivity contribution in [2.24, 2.45) is 12.9 Å². The summed E-state index contributed by atoms with van der Waals surface area (Å²) in [6.07, 6.45) is 1.65. The number of aryl methyl sites for hydroxylation is 3. The number of hydrogen-bond donors (Lipinski definition) is 2. The molecule has 0 bridgehead atoms. The molecule has 0 aliphatic heterocycles. The van der Waals surface area contributed by atoms with Crippen LogP contribution in [0.5, 0.6) is 11.6 Å². The SMILES string of the molecule is Cc1cnc(NN)nc1Oc1c(C)nn(C)c1C. The Morgan fingerprint density at radius 2 is 2.06 bits per heavy atom. The van der Waals surface area contributed by atoms with Crippen LogP contribution in [-0.2, 0) is 7.05 Å². The predicted octanol–water partition coefficient (Wildman–Crippen LogP) is 1.21. The summed E-state index contributed by atoms with van der Waals surface area (Å²) in [4.78, 5) is 8.17. The van der Waals surface area contributed by atoms with E-state index >= 15 is 0 Å². The van der Waals surface area contributed by atoms with Gasteiger partial charge in [-0.25, -0.2) is 10.8 Å². The standard InChI is InChI=1S/C11H16N6O/c1-6-5-13-11(15-12)14-10(6)18-9-7(2)16-17(4)8(9)3/h5H,12H2,1-4H3,(H,13,14,15). The van der Waals surface area contributed by atoms with Gasteiger partial charge < -0.3 is 4.74 Å². The van der Waals surface area contributed by atoms with Crippen LogP contribution in [0.2, 0.25) is 0 Å². The first-order chi connectivity index (χ1) is 8.52. The summed E-state index contributed by atoms with van der Waals surface area (Å²) in [6, 6.07) is 0. The molecule has 3 N–H and O–H groups in total. The zero-order chi connectivity index (χ0) is 13.3. The molecule has 2 aromatic rings. The Kier molecular flexibility index (Phi) is 3.15. The average molecular weight is 248 g/mol. The lowest BCUT2D eigenvalue weighted by Crippen LogP contribution is -2.11. The topological polar surface area (TPSA) is 90.9 Å².